The molecule has 2 fully saturated rings. The summed E-state index contributed by atoms with van der Waals surface area (Å²) in [4.78, 5) is 0. The fourth-order valence-electron chi connectivity index (χ4n) is 5.20. The minimum absolute atomic E-state index is 0.347. The Kier molecular flexibility index (Phi) is 6.59. The van der Waals surface area contributed by atoms with Crippen molar-refractivity contribution in [2.24, 2.45) is 35.5 Å². The molecule has 0 radical (unpaired) electrons. The summed E-state index contributed by atoms with van der Waals surface area (Å²) < 4.78 is 0. The molecular formula is C20H35N. The van der Waals surface area contributed by atoms with Crippen LogP contribution in [0.3, 0.4) is 0 Å². The zero-order valence-corrected chi connectivity index (χ0v) is 14.5. The summed E-state index contributed by atoms with van der Waals surface area (Å²) in [6, 6.07) is 2.66. The third kappa shape index (κ3) is 4.24. The zero-order chi connectivity index (χ0) is 15.2. The molecule has 0 N–H and O–H groups in total. The maximum atomic E-state index is 9.56. The van der Waals surface area contributed by atoms with Crippen LogP contribution >= 0.6 is 0 Å². The second-order valence-corrected chi connectivity index (χ2v) is 7.95. The smallest absolute Gasteiger partial charge is 0.0658 e. The third-order valence-corrected chi connectivity index (χ3v) is 6.62. The Morgan fingerprint density at radius 2 is 1.67 bits per heavy atom. The maximum absolute atomic E-state index is 9.56. The fourth-order valence-corrected chi connectivity index (χ4v) is 5.20. The van der Waals surface area contributed by atoms with Gasteiger partial charge in [0.05, 0.1) is 6.07 Å². The molecule has 2 aliphatic carbocycles. The van der Waals surface area contributed by atoms with Crippen molar-refractivity contribution in [2.45, 2.75) is 85.0 Å². The average Bonchev–Trinajstić information content (AvgIpc) is 2.53. The van der Waals surface area contributed by atoms with E-state index in [0.29, 0.717) is 11.8 Å². The van der Waals surface area contributed by atoms with E-state index in [9.17, 15) is 5.26 Å². The Morgan fingerprint density at radius 1 is 1.00 bits per heavy atom. The van der Waals surface area contributed by atoms with Crippen molar-refractivity contribution in [2.75, 3.05) is 0 Å². The van der Waals surface area contributed by atoms with Gasteiger partial charge in [-0.2, -0.15) is 5.26 Å². The Balaban J connectivity index is 1.99. The van der Waals surface area contributed by atoms with Gasteiger partial charge in [-0.15, -0.1) is 0 Å². The molecule has 0 bridgehead atoms. The SMILES string of the molecule is CCCC(CC)C1CC(C2CCC(C)CC2)CCC1C#N. The van der Waals surface area contributed by atoms with Crippen LogP contribution in [0.5, 0.6) is 0 Å². The highest BCUT2D eigenvalue weighted by Gasteiger charge is 2.38. The summed E-state index contributed by atoms with van der Waals surface area (Å²) >= 11 is 0. The van der Waals surface area contributed by atoms with E-state index in [2.05, 4.69) is 26.8 Å². The van der Waals surface area contributed by atoms with Crippen LogP contribution in [0.25, 0.3) is 0 Å². The summed E-state index contributed by atoms with van der Waals surface area (Å²) in [5.74, 6) is 4.69. The second-order valence-electron chi connectivity index (χ2n) is 7.95. The molecule has 0 heterocycles. The molecule has 2 saturated carbocycles. The molecule has 0 saturated heterocycles. The van der Waals surface area contributed by atoms with Crippen LogP contribution in [0.4, 0.5) is 0 Å². The van der Waals surface area contributed by atoms with Gasteiger partial charge in [-0.25, -0.2) is 0 Å². The van der Waals surface area contributed by atoms with Crippen molar-refractivity contribution in [1.29, 1.82) is 5.26 Å². The molecule has 21 heavy (non-hydrogen) atoms. The molecule has 120 valence electrons. The Labute approximate surface area is 132 Å². The van der Waals surface area contributed by atoms with E-state index in [1.54, 1.807) is 0 Å². The van der Waals surface area contributed by atoms with Crippen molar-refractivity contribution >= 4 is 0 Å². The molecule has 1 nitrogen and oxygen atoms in total. The van der Waals surface area contributed by atoms with Crippen LogP contribution < -0.4 is 0 Å². The molecule has 0 spiro atoms. The van der Waals surface area contributed by atoms with E-state index in [-0.39, 0.29) is 0 Å². The van der Waals surface area contributed by atoms with Gasteiger partial charge < -0.3 is 0 Å². The first-order chi connectivity index (χ1) is 10.2. The van der Waals surface area contributed by atoms with Crippen LogP contribution in [0.1, 0.15) is 85.0 Å². The van der Waals surface area contributed by atoms with E-state index >= 15 is 0 Å². The first-order valence-electron chi connectivity index (χ1n) is 9.59. The first-order valence-corrected chi connectivity index (χ1v) is 9.59. The van der Waals surface area contributed by atoms with Gasteiger partial charge in [-0.05, 0) is 61.7 Å². The topological polar surface area (TPSA) is 23.8 Å². The molecule has 1 heteroatoms. The van der Waals surface area contributed by atoms with E-state index in [1.165, 1.54) is 64.2 Å². The van der Waals surface area contributed by atoms with Crippen LogP contribution in [0.2, 0.25) is 0 Å². The van der Waals surface area contributed by atoms with Gasteiger partial charge in [-0.1, -0.05) is 52.9 Å². The lowest BCUT2D eigenvalue weighted by atomic mass is 9.62. The fraction of sp³-hybridized carbons (Fsp3) is 0.950. The van der Waals surface area contributed by atoms with E-state index in [0.717, 1.165) is 23.7 Å². The Hall–Kier alpha value is -0.510. The van der Waals surface area contributed by atoms with E-state index in [1.807, 2.05) is 0 Å². The monoisotopic (exact) mass is 289 g/mol. The largest absolute Gasteiger partial charge is 0.198 e. The zero-order valence-electron chi connectivity index (χ0n) is 14.5. The van der Waals surface area contributed by atoms with Gasteiger partial charge in [0.2, 0.25) is 0 Å². The van der Waals surface area contributed by atoms with Gasteiger partial charge in [-0.3, -0.25) is 0 Å². The van der Waals surface area contributed by atoms with Crippen molar-refractivity contribution in [3.8, 4) is 6.07 Å². The van der Waals surface area contributed by atoms with Gasteiger partial charge in [0.15, 0.2) is 0 Å². The minimum Gasteiger partial charge on any atom is -0.198 e. The molecule has 2 aliphatic rings. The molecule has 2 rings (SSSR count). The number of nitriles is 1. The van der Waals surface area contributed by atoms with Crippen LogP contribution in [-0.4, -0.2) is 0 Å². The lowest BCUT2D eigenvalue weighted by molar-refractivity contribution is 0.0876. The minimum atomic E-state index is 0.347. The highest BCUT2D eigenvalue weighted by molar-refractivity contribution is 4.96. The summed E-state index contributed by atoms with van der Waals surface area (Å²) in [6.07, 6.45) is 13.5. The second kappa shape index (κ2) is 8.21. The normalized spacial score (nSPS) is 38.7. The van der Waals surface area contributed by atoms with Crippen molar-refractivity contribution in [1.82, 2.24) is 0 Å². The van der Waals surface area contributed by atoms with Crippen LogP contribution in [0.15, 0.2) is 0 Å². The van der Waals surface area contributed by atoms with Crippen LogP contribution in [-0.2, 0) is 0 Å². The third-order valence-electron chi connectivity index (χ3n) is 6.62. The van der Waals surface area contributed by atoms with Crippen molar-refractivity contribution in [3.05, 3.63) is 0 Å². The van der Waals surface area contributed by atoms with Gasteiger partial charge in [0, 0.05) is 5.92 Å². The van der Waals surface area contributed by atoms with Crippen LogP contribution in [0, 0.1) is 46.8 Å². The maximum Gasteiger partial charge on any atom is 0.0658 e. The molecule has 0 aliphatic heterocycles. The predicted molar refractivity (Wildman–Crippen MR) is 89.7 cm³/mol. The number of hydrogen-bond donors (Lipinski definition) is 0. The predicted octanol–water partition coefficient (Wildman–Crippen LogP) is 6.20. The molecule has 0 aromatic rings. The van der Waals surface area contributed by atoms with Gasteiger partial charge >= 0.3 is 0 Å². The average molecular weight is 290 g/mol. The Morgan fingerprint density at radius 3 is 2.24 bits per heavy atom. The summed E-state index contributed by atoms with van der Waals surface area (Å²) in [5.41, 5.74) is 0. The first kappa shape index (κ1) is 16.9. The van der Waals surface area contributed by atoms with E-state index < -0.39 is 0 Å². The molecule has 0 aromatic carbocycles. The summed E-state index contributed by atoms with van der Waals surface area (Å²) in [5, 5.41) is 9.56. The molecule has 4 atom stereocenters. The van der Waals surface area contributed by atoms with Gasteiger partial charge in [0.25, 0.3) is 0 Å². The van der Waals surface area contributed by atoms with Crippen molar-refractivity contribution < 1.29 is 0 Å². The molecule has 0 amide bonds. The molecule has 0 aromatic heterocycles. The lowest BCUT2D eigenvalue weighted by Gasteiger charge is -2.42. The van der Waals surface area contributed by atoms with E-state index in [4.69, 9.17) is 0 Å². The van der Waals surface area contributed by atoms with Crippen molar-refractivity contribution in [3.63, 3.8) is 0 Å². The van der Waals surface area contributed by atoms with Gasteiger partial charge in [0.1, 0.15) is 0 Å². The number of rotatable bonds is 5. The summed E-state index contributed by atoms with van der Waals surface area (Å²) in [7, 11) is 0. The highest BCUT2D eigenvalue weighted by Crippen LogP contribution is 2.46. The standard InChI is InChI=1S/C20H35N/c1-4-6-16(5-2)20-13-18(11-12-19(20)14-21)17-9-7-15(3)8-10-17/h15-20H,4-13H2,1-3H3. The Bertz CT molecular complexity index is 334. The molecule has 4 unspecified atom stereocenters. The summed E-state index contributed by atoms with van der Waals surface area (Å²) in [6.45, 7) is 7.05. The number of nitrogens with zero attached hydrogens (tertiary/aromatic N) is 1. The highest BCUT2D eigenvalue weighted by atomic mass is 14.4. The lowest BCUT2D eigenvalue weighted by Crippen LogP contribution is -2.34. The number of hydrogen-bond acceptors (Lipinski definition) is 1. The quantitative estimate of drug-likeness (QED) is 0.591. The molecular weight excluding hydrogens is 254 g/mol.